The van der Waals surface area contributed by atoms with Crippen molar-refractivity contribution < 1.29 is 9.90 Å². The summed E-state index contributed by atoms with van der Waals surface area (Å²) in [5.41, 5.74) is -0.00273. The molecule has 2 aliphatic heterocycles. The van der Waals surface area contributed by atoms with Gasteiger partial charge in [-0.25, -0.2) is 4.98 Å². The standard InChI is InChI=1S/C21H28N4O2S/c1-16-22-14-18(28-16)20(26)25-9-8-21(27,17-6-4-3-5-7-17)19(15-25)24-12-10-23(2)11-13-24/h3-7,14,19,27H,8-13,15H2,1-2H3/t19-,21+/m1/s1. The van der Waals surface area contributed by atoms with Crippen molar-refractivity contribution in [3.8, 4) is 0 Å². The smallest absolute Gasteiger partial charge is 0.265 e. The topological polar surface area (TPSA) is 59.9 Å². The number of aromatic nitrogens is 1. The quantitative estimate of drug-likeness (QED) is 0.851. The summed E-state index contributed by atoms with van der Waals surface area (Å²) in [4.78, 5) is 24.5. The number of benzene rings is 1. The summed E-state index contributed by atoms with van der Waals surface area (Å²) >= 11 is 1.44. The Kier molecular flexibility index (Phi) is 5.51. The summed E-state index contributed by atoms with van der Waals surface area (Å²) in [5.74, 6) is 0.0276. The number of likely N-dealkylation sites (N-methyl/N-ethyl adjacent to an activating group) is 1. The molecule has 2 aliphatic rings. The zero-order chi connectivity index (χ0) is 19.7. The fraction of sp³-hybridized carbons (Fsp3) is 0.524. The largest absolute Gasteiger partial charge is 0.383 e. The third kappa shape index (κ3) is 3.72. The zero-order valence-electron chi connectivity index (χ0n) is 16.5. The van der Waals surface area contributed by atoms with Crippen LogP contribution in [0.5, 0.6) is 0 Å². The molecule has 0 bridgehead atoms. The minimum atomic E-state index is -0.947. The van der Waals surface area contributed by atoms with Gasteiger partial charge in [0, 0.05) is 39.3 Å². The van der Waals surface area contributed by atoms with E-state index in [1.807, 2.05) is 42.2 Å². The Balaban J connectivity index is 1.61. The molecule has 4 rings (SSSR count). The van der Waals surface area contributed by atoms with Gasteiger partial charge in [-0.05, 0) is 26.0 Å². The molecule has 1 N–H and O–H groups in total. The molecule has 28 heavy (non-hydrogen) atoms. The molecule has 150 valence electrons. The second-order valence-electron chi connectivity index (χ2n) is 7.89. The number of amides is 1. The number of aryl methyl sites for hydroxylation is 1. The summed E-state index contributed by atoms with van der Waals surface area (Å²) in [6, 6.07) is 9.83. The third-order valence-electron chi connectivity index (χ3n) is 6.08. The van der Waals surface area contributed by atoms with E-state index in [1.165, 1.54) is 11.3 Å². The number of piperazine rings is 1. The van der Waals surface area contributed by atoms with Crippen molar-refractivity contribution in [1.82, 2.24) is 19.7 Å². The number of likely N-dealkylation sites (tertiary alicyclic amines) is 1. The fourth-order valence-corrected chi connectivity index (χ4v) is 5.08. The minimum Gasteiger partial charge on any atom is -0.383 e. The lowest BCUT2D eigenvalue weighted by Crippen LogP contribution is -2.64. The van der Waals surface area contributed by atoms with Crippen LogP contribution in [0.1, 0.15) is 26.7 Å². The number of thiazole rings is 1. The normalized spacial score (nSPS) is 27.1. The maximum Gasteiger partial charge on any atom is 0.265 e. The van der Waals surface area contributed by atoms with E-state index in [0.29, 0.717) is 24.4 Å². The van der Waals surface area contributed by atoms with Gasteiger partial charge >= 0.3 is 0 Å². The first-order chi connectivity index (χ1) is 13.5. The Morgan fingerprint density at radius 1 is 1.18 bits per heavy atom. The van der Waals surface area contributed by atoms with Crippen LogP contribution in [0.15, 0.2) is 36.5 Å². The van der Waals surface area contributed by atoms with Gasteiger partial charge in [-0.1, -0.05) is 30.3 Å². The molecular weight excluding hydrogens is 372 g/mol. The van der Waals surface area contributed by atoms with Gasteiger partial charge < -0.3 is 14.9 Å². The molecule has 1 aromatic heterocycles. The van der Waals surface area contributed by atoms with Crippen LogP contribution in [0.25, 0.3) is 0 Å². The Bertz CT molecular complexity index is 819. The summed E-state index contributed by atoms with van der Waals surface area (Å²) in [6.45, 7) is 6.75. The highest BCUT2D eigenvalue weighted by Gasteiger charge is 2.47. The van der Waals surface area contributed by atoms with Gasteiger partial charge in [0.1, 0.15) is 10.5 Å². The highest BCUT2D eigenvalue weighted by atomic mass is 32.1. The maximum atomic E-state index is 13.0. The van der Waals surface area contributed by atoms with Crippen molar-refractivity contribution >= 4 is 17.2 Å². The molecule has 6 nitrogen and oxygen atoms in total. The van der Waals surface area contributed by atoms with Crippen molar-refractivity contribution in [1.29, 1.82) is 0 Å². The number of rotatable bonds is 3. The third-order valence-corrected chi connectivity index (χ3v) is 6.98. The van der Waals surface area contributed by atoms with E-state index in [2.05, 4.69) is 21.8 Å². The second-order valence-corrected chi connectivity index (χ2v) is 9.12. The highest BCUT2D eigenvalue weighted by molar-refractivity contribution is 7.13. The second kappa shape index (κ2) is 7.91. The molecule has 0 aliphatic carbocycles. The minimum absolute atomic E-state index is 0.0276. The lowest BCUT2D eigenvalue weighted by Gasteiger charge is -2.51. The molecule has 3 heterocycles. The van der Waals surface area contributed by atoms with Gasteiger partial charge in [0.05, 0.1) is 17.2 Å². The molecule has 0 unspecified atom stereocenters. The van der Waals surface area contributed by atoms with Crippen LogP contribution in [0.3, 0.4) is 0 Å². The number of hydrogen-bond donors (Lipinski definition) is 1. The molecule has 0 saturated carbocycles. The maximum absolute atomic E-state index is 13.0. The van der Waals surface area contributed by atoms with E-state index in [1.54, 1.807) is 6.20 Å². The Labute approximate surface area is 170 Å². The molecule has 2 saturated heterocycles. The molecule has 7 heteroatoms. The lowest BCUT2D eigenvalue weighted by atomic mass is 9.79. The number of hydrogen-bond acceptors (Lipinski definition) is 6. The molecule has 2 fully saturated rings. The summed E-state index contributed by atoms with van der Waals surface area (Å²) in [5, 5.41) is 12.7. The SMILES string of the molecule is Cc1ncc(C(=O)N2CC[C@](O)(c3ccccc3)[C@H](N3CCN(C)CC3)C2)s1. The zero-order valence-corrected chi connectivity index (χ0v) is 17.4. The van der Waals surface area contributed by atoms with Crippen molar-refractivity contribution in [2.24, 2.45) is 0 Å². The fourth-order valence-electron chi connectivity index (χ4n) is 4.34. The molecule has 2 atom stereocenters. The summed E-state index contributed by atoms with van der Waals surface area (Å²) < 4.78 is 0. The van der Waals surface area contributed by atoms with Crippen molar-refractivity contribution in [2.75, 3.05) is 46.3 Å². The van der Waals surface area contributed by atoms with E-state index < -0.39 is 5.60 Å². The molecule has 1 amide bonds. The first-order valence-corrected chi connectivity index (χ1v) is 10.7. The Hall–Kier alpha value is -1.80. The highest BCUT2D eigenvalue weighted by Crippen LogP contribution is 2.37. The molecule has 1 aromatic carbocycles. The predicted octanol–water partition coefficient (Wildman–Crippen LogP) is 1.80. The number of piperidine rings is 1. The summed E-state index contributed by atoms with van der Waals surface area (Å²) in [7, 11) is 2.13. The first kappa shape index (κ1) is 19.5. The van der Waals surface area contributed by atoms with E-state index in [4.69, 9.17) is 0 Å². The van der Waals surface area contributed by atoms with Crippen LogP contribution in [0.2, 0.25) is 0 Å². The monoisotopic (exact) mass is 400 g/mol. The Morgan fingerprint density at radius 2 is 1.89 bits per heavy atom. The van der Waals surface area contributed by atoms with Gasteiger partial charge in [0.25, 0.3) is 5.91 Å². The van der Waals surface area contributed by atoms with Crippen molar-refractivity contribution in [3.63, 3.8) is 0 Å². The molecule has 0 spiro atoms. The number of nitrogens with zero attached hydrogens (tertiary/aromatic N) is 4. The van der Waals surface area contributed by atoms with Gasteiger partial charge in [0.15, 0.2) is 0 Å². The van der Waals surface area contributed by atoms with E-state index >= 15 is 0 Å². The van der Waals surface area contributed by atoms with Crippen molar-refractivity contribution in [2.45, 2.75) is 25.0 Å². The van der Waals surface area contributed by atoms with Crippen LogP contribution in [-0.2, 0) is 5.60 Å². The average molecular weight is 401 g/mol. The van der Waals surface area contributed by atoms with E-state index in [-0.39, 0.29) is 11.9 Å². The summed E-state index contributed by atoms with van der Waals surface area (Å²) in [6.07, 6.45) is 2.21. The van der Waals surface area contributed by atoms with E-state index in [0.717, 1.165) is 36.8 Å². The van der Waals surface area contributed by atoms with Crippen LogP contribution < -0.4 is 0 Å². The molecular formula is C21H28N4O2S. The first-order valence-electron chi connectivity index (χ1n) is 9.89. The van der Waals surface area contributed by atoms with Crippen molar-refractivity contribution in [3.05, 3.63) is 52.0 Å². The van der Waals surface area contributed by atoms with Gasteiger partial charge in [0.2, 0.25) is 0 Å². The van der Waals surface area contributed by atoms with E-state index in [9.17, 15) is 9.90 Å². The number of carbonyl (C=O) groups is 1. The van der Waals surface area contributed by atoms with Gasteiger partial charge in [-0.15, -0.1) is 11.3 Å². The lowest BCUT2D eigenvalue weighted by molar-refractivity contribution is -0.101. The number of carbonyl (C=O) groups excluding carboxylic acids is 1. The predicted molar refractivity (Wildman–Crippen MR) is 111 cm³/mol. The Morgan fingerprint density at radius 3 is 2.54 bits per heavy atom. The molecule has 0 radical (unpaired) electrons. The average Bonchev–Trinajstić information content (AvgIpc) is 3.16. The van der Waals surface area contributed by atoms with Crippen LogP contribution >= 0.6 is 11.3 Å². The van der Waals surface area contributed by atoms with Crippen LogP contribution in [-0.4, -0.2) is 83.1 Å². The number of aliphatic hydroxyl groups is 1. The van der Waals surface area contributed by atoms with Crippen LogP contribution in [0, 0.1) is 6.92 Å². The molecule has 2 aromatic rings. The van der Waals surface area contributed by atoms with Gasteiger partial charge in [-0.2, -0.15) is 0 Å². The van der Waals surface area contributed by atoms with Crippen LogP contribution in [0.4, 0.5) is 0 Å². The van der Waals surface area contributed by atoms with Gasteiger partial charge in [-0.3, -0.25) is 9.69 Å².